The van der Waals surface area contributed by atoms with Crippen molar-refractivity contribution < 1.29 is 28.5 Å². The first-order valence-corrected chi connectivity index (χ1v) is 10.7. The largest absolute Gasteiger partial charge is 0.493 e. The highest BCUT2D eigenvalue weighted by molar-refractivity contribution is 6.06. The molecular formula is C26H26N2O6. The van der Waals surface area contributed by atoms with E-state index in [2.05, 4.69) is 5.32 Å². The number of carbonyl (C=O) groups is 2. The van der Waals surface area contributed by atoms with Crippen LogP contribution < -0.4 is 29.2 Å². The summed E-state index contributed by atoms with van der Waals surface area (Å²) in [6, 6.07) is 16.4. The van der Waals surface area contributed by atoms with Crippen LogP contribution in [-0.4, -0.2) is 39.8 Å². The van der Waals surface area contributed by atoms with E-state index in [1.807, 2.05) is 31.2 Å². The summed E-state index contributed by atoms with van der Waals surface area (Å²) < 4.78 is 21.6. The number of amides is 2. The van der Waals surface area contributed by atoms with Crippen LogP contribution in [0.3, 0.4) is 0 Å². The molecule has 3 aromatic rings. The van der Waals surface area contributed by atoms with Crippen molar-refractivity contribution in [3.05, 3.63) is 71.3 Å². The predicted molar refractivity (Wildman–Crippen MR) is 128 cm³/mol. The number of nitrogens with zero attached hydrogens (tertiary/aromatic N) is 1. The molecule has 0 saturated carbocycles. The molecule has 0 unspecified atom stereocenters. The van der Waals surface area contributed by atoms with Gasteiger partial charge in [0.25, 0.3) is 11.8 Å². The summed E-state index contributed by atoms with van der Waals surface area (Å²) in [6.07, 6.45) is 0. The van der Waals surface area contributed by atoms with Crippen LogP contribution in [0.25, 0.3) is 0 Å². The summed E-state index contributed by atoms with van der Waals surface area (Å²) in [4.78, 5) is 27.3. The normalized spacial score (nSPS) is 12.5. The van der Waals surface area contributed by atoms with Gasteiger partial charge in [-0.1, -0.05) is 29.8 Å². The fraction of sp³-hybridized carbons (Fsp3) is 0.231. The van der Waals surface area contributed by atoms with Crippen LogP contribution in [0.4, 0.5) is 11.4 Å². The Balaban J connectivity index is 1.61. The van der Waals surface area contributed by atoms with Crippen molar-refractivity contribution in [1.82, 2.24) is 0 Å². The molecule has 0 radical (unpaired) electrons. The summed E-state index contributed by atoms with van der Waals surface area (Å²) >= 11 is 0. The van der Waals surface area contributed by atoms with Crippen molar-refractivity contribution in [1.29, 1.82) is 0 Å². The summed E-state index contributed by atoms with van der Waals surface area (Å²) in [6.45, 7) is 2.39. The molecule has 1 aliphatic heterocycles. The lowest BCUT2D eigenvalue weighted by molar-refractivity contribution is -0.121. The maximum Gasteiger partial charge on any atom is 0.265 e. The number of hydrogen-bond acceptors (Lipinski definition) is 6. The molecule has 8 heteroatoms. The molecule has 0 aliphatic carbocycles. The summed E-state index contributed by atoms with van der Waals surface area (Å²) in [5.74, 6) is 1.21. The predicted octanol–water partition coefficient (Wildman–Crippen LogP) is 4.20. The fourth-order valence-corrected chi connectivity index (χ4v) is 3.74. The number of fused-ring (bicyclic) bond motifs is 1. The number of benzene rings is 3. The molecule has 8 nitrogen and oxygen atoms in total. The van der Waals surface area contributed by atoms with E-state index in [0.717, 1.165) is 11.1 Å². The van der Waals surface area contributed by atoms with Crippen molar-refractivity contribution in [3.8, 4) is 23.0 Å². The Hall–Kier alpha value is -4.20. The number of rotatable bonds is 7. The molecule has 0 spiro atoms. The highest BCUT2D eigenvalue weighted by Crippen LogP contribution is 2.39. The van der Waals surface area contributed by atoms with E-state index in [9.17, 15) is 9.59 Å². The number of carbonyl (C=O) groups excluding carboxylic acids is 2. The van der Waals surface area contributed by atoms with E-state index in [1.165, 1.54) is 21.3 Å². The van der Waals surface area contributed by atoms with Gasteiger partial charge in [0.2, 0.25) is 5.75 Å². The number of methoxy groups -OCH3 is 3. The third-order valence-corrected chi connectivity index (χ3v) is 5.55. The van der Waals surface area contributed by atoms with Crippen LogP contribution in [0.5, 0.6) is 23.0 Å². The molecule has 3 aromatic carbocycles. The Morgan fingerprint density at radius 3 is 2.26 bits per heavy atom. The van der Waals surface area contributed by atoms with Crippen molar-refractivity contribution in [2.45, 2.75) is 13.5 Å². The lowest BCUT2D eigenvalue weighted by Gasteiger charge is -2.30. The smallest absolute Gasteiger partial charge is 0.265 e. The summed E-state index contributed by atoms with van der Waals surface area (Å²) in [5, 5.41) is 2.87. The average molecular weight is 463 g/mol. The van der Waals surface area contributed by atoms with Crippen LogP contribution in [-0.2, 0) is 11.3 Å². The fourth-order valence-electron chi connectivity index (χ4n) is 3.74. The Morgan fingerprint density at radius 2 is 1.65 bits per heavy atom. The molecule has 1 N–H and O–H groups in total. The standard InChI is InChI=1S/C26H26N2O6/c1-16-5-7-17(8-6-16)14-28-20-13-19(9-10-21(20)34-15-24(28)29)27-26(30)18-11-22(31-2)25(33-4)23(12-18)32-3/h5-13H,14-15H2,1-4H3,(H,27,30). The molecule has 0 fully saturated rings. The maximum atomic E-state index is 13.0. The molecule has 1 heterocycles. The lowest BCUT2D eigenvalue weighted by atomic mass is 10.1. The van der Waals surface area contributed by atoms with E-state index < -0.39 is 0 Å². The first-order chi connectivity index (χ1) is 16.4. The van der Waals surface area contributed by atoms with Crippen molar-refractivity contribution >= 4 is 23.2 Å². The zero-order chi connectivity index (χ0) is 24.2. The third-order valence-electron chi connectivity index (χ3n) is 5.55. The van der Waals surface area contributed by atoms with Crippen LogP contribution in [0.1, 0.15) is 21.5 Å². The second-order valence-corrected chi connectivity index (χ2v) is 7.80. The third kappa shape index (κ3) is 4.61. The van der Waals surface area contributed by atoms with Crippen LogP contribution in [0.2, 0.25) is 0 Å². The van der Waals surface area contributed by atoms with Gasteiger partial charge in [0.05, 0.1) is 33.6 Å². The molecule has 0 bridgehead atoms. The Labute approximate surface area is 198 Å². The molecule has 176 valence electrons. The first-order valence-electron chi connectivity index (χ1n) is 10.7. The Morgan fingerprint density at radius 1 is 0.971 bits per heavy atom. The molecule has 4 rings (SSSR count). The zero-order valence-electron chi connectivity index (χ0n) is 19.5. The maximum absolute atomic E-state index is 13.0. The van der Waals surface area contributed by atoms with Gasteiger partial charge in [0.1, 0.15) is 5.75 Å². The van der Waals surface area contributed by atoms with Crippen molar-refractivity contribution in [2.24, 2.45) is 0 Å². The van der Waals surface area contributed by atoms with Gasteiger partial charge in [-0.25, -0.2) is 0 Å². The lowest BCUT2D eigenvalue weighted by Crippen LogP contribution is -2.38. The van der Waals surface area contributed by atoms with E-state index >= 15 is 0 Å². The number of aryl methyl sites for hydroxylation is 1. The minimum atomic E-state index is -0.368. The molecule has 0 aromatic heterocycles. The van der Waals surface area contributed by atoms with Gasteiger partial charge in [0, 0.05) is 11.3 Å². The van der Waals surface area contributed by atoms with Gasteiger partial charge in [-0.2, -0.15) is 0 Å². The van der Waals surface area contributed by atoms with E-state index in [4.69, 9.17) is 18.9 Å². The SMILES string of the molecule is COc1cc(C(=O)Nc2ccc3c(c2)N(Cc2ccc(C)cc2)C(=O)CO3)cc(OC)c1OC. The van der Waals surface area contributed by atoms with Gasteiger partial charge < -0.3 is 29.2 Å². The quantitative estimate of drug-likeness (QED) is 0.566. The minimum absolute atomic E-state index is 0.0317. The highest BCUT2D eigenvalue weighted by atomic mass is 16.5. The number of nitrogens with one attached hydrogen (secondary N) is 1. The summed E-state index contributed by atoms with van der Waals surface area (Å²) in [7, 11) is 4.48. The van der Waals surface area contributed by atoms with E-state index in [0.29, 0.717) is 46.5 Å². The second kappa shape index (κ2) is 9.74. The Kier molecular flexibility index (Phi) is 6.58. The molecular weight excluding hydrogens is 436 g/mol. The summed E-state index contributed by atoms with van der Waals surface area (Å²) in [5.41, 5.74) is 3.59. The Bertz CT molecular complexity index is 1200. The van der Waals surface area contributed by atoms with Crippen molar-refractivity contribution in [2.75, 3.05) is 38.2 Å². The minimum Gasteiger partial charge on any atom is -0.493 e. The first kappa shape index (κ1) is 23.0. The average Bonchev–Trinajstić information content (AvgIpc) is 2.86. The van der Waals surface area contributed by atoms with Gasteiger partial charge in [-0.15, -0.1) is 0 Å². The van der Waals surface area contributed by atoms with Gasteiger partial charge in [0.15, 0.2) is 18.1 Å². The zero-order valence-corrected chi connectivity index (χ0v) is 19.5. The van der Waals surface area contributed by atoms with Gasteiger partial charge >= 0.3 is 0 Å². The van der Waals surface area contributed by atoms with Gasteiger partial charge in [-0.3, -0.25) is 9.59 Å². The molecule has 0 atom stereocenters. The topological polar surface area (TPSA) is 86.3 Å². The monoisotopic (exact) mass is 462 g/mol. The number of anilines is 2. The molecule has 0 saturated heterocycles. The van der Waals surface area contributed by atoms with Crippen molar-refractivity contribution in [3.63, 3.8) is 0 Å². The van der Waals surface area contributed by atoms with Crippen LogP contribution in [0.15, 0.2) is 54.6 Å². The number of ether oxygens (including phenoxy) is 4. The van der Waals surface area contributed by atoms with Crippen LogP contribution >= 0.6 is 0 Å². The van der Waals surface area contributed by atoms with Crippen LogP contribution in [0, 0.1) is 6.92 Å². The second-order valence-electron chi connectivity index (χ2n) is 7.80. The molecule has 34 heavy (non-hydrogen) atoms. The number of hydrogen-bond donors (Lipinski definition) is 1. The van der Waals surface area contributed by atoms with E-state index in [1.54, 1.807) is 35.2 Å². The molecule has 1 aliphatic rings. The van der Waals surface area contributed by atoms with Gasteiger partial charge in [-0.05, 0) is 42.8 Å². The highest BCUT2D eigenvalue weighted by Gasteiger charge is 2.26. The van der Waals surface area contributed by atoms with E-state index in [-0.39, 0.29) is 18.4 Å². The molecule has 2 amide bonds.